The van der Waals surface area contributed by atoms with E-state index in [0.717, 1.165) is 39.2 Å². The van der Waals surface area contributed by atoms with Gasteiger partial charge < -0.3 is 19.1 Å². The highest BCUT2D eigenvalue weighted by molar-refractivity contribution is 6.07. The van der Waals surface area contributed by atoms with E-state index in [1.54, 1.807) is 36.4 Å². The average molecular weight is 557 g/mol. The second-order valence-corrected chi connectivity index (χ2v) is 10.6. The van der Waals surface area contributed by atoms with Crippen molar-refractivity contribution in [2.24, 2.45) is 0 Å². The van der Waals surface area contributed by atoms with Crippen molar-refractivity contribution < 1.29 is 14.3 Å². The van der Waals surface area contributed by atoms with E-state index in [-0.39, 0.29) is 11.8 Å². The van der Waals surface area contributed by atoms with Crippen molar-refractivity contribution in [3.8, 4) is 16.9 Å². The van der Waals surface area contributed by atoms with Crippen molar-refractivity contribution in [2.75, 3.05) is 19.1 Å². The van der Waals surface area contributed by atoms with Crippen LogP contribution in [0.5, 0.6) is 5.75 Å². The van der Waals surface area contributed by atoms with E-state index in [2.05, 4.69) is 24.0 Å². The number of para-hydroxylation sites is 1. The van der Waals surface area contributed by atoms with Gasteiger partial charge in [-0.15, -0.1) is 0 Å². The Morgan fingerprint density at radius 3 is 2.50 bits per heavy atom. The molecule has 0 N–H and O–H groups in total. The monoisotopic (exact) mass is 556 g/mol. The van der Waals surface area contributed by atoms with Gasteiger partial charge in [0, 0.05) is 48.5 Å². The summed E-state index contributed by atoms with van der Waals surface area (Å²) in [5.74, 6) is 0.429. The van der Waals surface area contributed by atoms with E-state index >= 15 is 0 Å². The Kier molecular flexibility index (Phi) is 7.32. The molecule has 7 heteroatoms. The largest absolute Gasteiger partial charge is 0.496 e. The standard InChI is InChI=1S/C35H32N4O3/c1-24-9-4-6-12-29(24)30-16-14-26(19-33(30)42-3)34(40)39-23-28-15-17-32(38(28)22-27-11-5-7-13-31(27)39)35(41)37(2)21-25-10-8-18-36-20-25/h4-20H,21-23H2,1-3H3. The number of aryl methyl sites for hydroxylation is 1. The third-order valence-electron chi connectivity index (χ3n) is 7.84. The van der Waals surface area contributed by atoms with Gasteiger partial charge in [0.2, 0.25) is 0 Å². The van der Waals surface area contributed by atoms with Gasteiger partial charge in [0.15, 0.2) is 0 Å². The van der Waals surface area contributed by atoms with E-state index in [1.807, 2.05) is 83.4 Å². The fraction of sp³-hybridized carbons (Fsp3) is 0.171. The van der Waals surface area contributed by atoms with Crippen LogP contribution in [0, 0.1) is 6.92 Å². The van der Waals surface area contributed by atoms with Crippen molar-refractivity contribution in [3.05, 3.63) is 137 Å². The quantitative estimate of drug-likeness (QED) is 0.245. The summed E-state index contributed by atoms with van der Waals surface area (Å²) in [5, 5.41) is 0. The van der Waals surface area contributed by atoms with Gasteiger partial charge in [-0.25, -0.2) is 0 Å². The number of anilines is 1. The number of carbonyl (C=O) groups excluding carboxylic acids is 2. The molecule has 7 nitrogen and oxygen atoms in total. The second-order valence-electron chi connectivity index (χ2n) is 10.6. The maximum absolute atomic E-state index is 14.1. The lowest BCUT2D eigenvalue weighted by molar-refractivity contribution is 0.0774. The lowest BCUT2D eigenvalue weighted by Gasteiger charge is -2.23. The van der Waals surface area contributed by atoms with E-state index in [4.69, 9.17) is 4.74 Å². The van der Waals surface area contributed by atoms with Crippen molar-refractivity contribution >= 4 is 17.5 Å². The highest BCUT2D eigenvalue weighted by atomic mass is 16.5. The summed E-state index contributed by atoms with van der Waals surface area (Å²) in [5.41, 5.74) is 7.91. The molecule has 0 atom stereocenters. The minimum Gasteiger partial charge on any atom is -0.496 e. The van der Waals surface area contributed by atoms with Crippen LogP contribution < -0.4 is 9.64 Å². The van der Waals surface area contributed by atoms with Crippen LogP contribution in [0.2, 0.25) is 0 Å². The molecule has 1 aliphatic rings. The van der Waals surface area contributed by atoms with Gasteiger partial charge in [0.25, 0.3) is 11.8 Å². The van der Waals surface area contributed by atoms with Crippen LogP contribution in [0.3, 0.4) is 0 Å². The highest BCUT2D eigenvalue weighted by Gasteiger charge is 2.28. The van der Waals surface area contributed by atoms with E-state index in [0.29, 0.717) is 36.6 Å². The van der Waals surface area contributed by atoms with Gasteiger partial charge in [-0.05, 0) is 71.6 Å². The zero-order valence-electron chi connectivity index (χ0n) is 23.9. The van der Waals surface area contributed by atoms with Crippen LogP contribution >= 0.6 is 0 Å². The first-order valence-electron chi connectivity index (χ1n) is 13.9. The number of benzene rings is 3. The number of pyridine rings is 1. The van der Waals surface area contributed by atoms with Gasteiger partial charge in [-0.1, -0.05) is 48.5 Å². The summed E-state index contributed by atoms with van der Waals surface area (Å²) in [6.07, 6.45) is 3.49. The number of ether oxygens (including phenoxy) is 1. The second kappa shape index (κ2) is 11.4. The topological polar surface area (TPSA) is 67.7 Å². The molecule has 0 unspecified atom stereocenters. The molecule has 2 amide bonds. The molecule has 0 aliphatic carbocycles. The maximum Gasteiger partial charge on any atom is 0.270 e. The molecule has 210 valence electrons. The number of methoxy groups -OCH3 is 1. The number of aromatic nitrogens is 2. The molecule has 1 aliphatic heterocycles. The minimum absolute atomic E-state index is 0.0844. The van der Waals surface area contributed by atoms with Crippen LogP contribution in [-0.4, -0.2) is 40.4 Å². The molecule has 2 aromatic heterocycles. The predicted molar refractivity (Wildman–Crippen MR) is 164 cm³/mol. The summed E-state index contributed by atoms with van der Waals surface area (Å²) in [6, 6.07) is 29.3. The maximum atomic E-state index is 14.1. The molecule has 0 saturated carbocycles. The first-order valence-corrected chi connectivity index (χ1v) is 13.9. The molecule has 3 heterocycles. The normalized spacial score (nSPS) is 12.2. The summed E-state index contributed by atoms with van der Waals surface area (Å²) in [6.45, 7) is 3.33. The van der Waals surface area contributed by atoms with Crippen LogP contribution in [0.25, 0.3) is 11.1 Å². The summed E-state index contributed by atoms with van der Waals surface area (Å²) in [4.78, 5) is 35.4. The van der Waals surface area contributed by atoms with E-state index < -0.39 is 0 Å². The molecular formula is C35H32N4O3. The lowest BCUT2D eigenvalue weighted by atomic mass is 9.98. The SMILES string of the molecule is COc1cc(C(=O)N2Cc3ccc(C(=O)N(C)Cc4cccnc4)n3Cc3ccccc32)ccc1-c1ccccc1C. The average Bonchev–Trinajstić information content (AvgIpc) is 3.33. The van der Waals surface area contributed by atoms with E-state index in [1.165, 1.54) is 0 Å². The molecule has 6 rings (SSSR count). The fourth-order valence-electron chi connectivity index (χ4n) is 5.64. The van der Waals surface area contributed by atoms with Crippen molar-refractivity contribution in [1.29, 1.82) is 0 Å². The molecule has 0 fully saturated rings. The van der Waals surface area contributed by atoms with Crippen molar-refractivity contribution in [3.63, 3.8) is 0 Å². The minimum atomic E-state index is -0.131. The predicted octanol–water partition coefficient (Wildman–Crippen LogP) is 6.35. The number of fused-ring (bicyclic) bond motifs is 2. The molecular weight excluding hydrogens is 524 g/mol. The number of hydrogen-bond acceptors (Lipinski definition) is 4. The Bertz CT molecular complexity index is 1780. The van der Waals surface area contributed by atoms with Crippen LogP contribution in [0.15, 0.2) is 103 Å². The smallest absolute Gasteiger partial charge is 0.270 e. The van der Waals surface area contributed by atoms with Gasteiger partial charge in [-0.2, -0.15) is 0 Å². The Morgan fingerprint density at radius 2 is 1.71 bits per heavy atom. The van der Waals surface area contributed by atoms with Crippen LogP contribution in [0.4, 0.5) is 5.69 Å². The first kappa shape index (κ1) is 27.0. The number of nitrogens with zero attached hydrogens (tertiary/aromatic N) is 4. The fourth-order valence-corrected chi connectivity index (χ4v) is 5.64. The van der Waals surface area contributed by atoms with Crippen molar-refractivity contribution in [1.82, 2.24) is 14.5 Å². The number of hydrogen-bond donors (Lipinski definition) is 0. The lowest BCUT2D eigenvalue weighted by Crippen LogP contribution is -2.31. The molecule has 5 aromatic rings. The Labute approximate surface area is 245 Å². The van der Waals surface area contributed by atoms with Gasteiger partial charge in [0.05, 0.1) is 20.2 Å². The molecule has 3 aromatic carbocycles. The Balaban J connectivity index is 1.33. The van der Waals surface area contributed by atoms with Crippen molar-refractivity contribution in [2.45, 2.75) is 26.6 Å². The Morgan fingerprint density at radius 1 is 0.905 bits per heavy atom. The summed E-state index contributed by atoms with van der Waals surface area (Å²) in [7, 11) is 3.42. The Hall–Kier alpha value is -5.17. The van der Waals surface area contributed by atoms with Gasteiger partial charge in [0.1, 0.15) is 11.4 Å². The zero-order valence-corrected chi connectivity index (χ0v) is 23.9. The van der Waals surface area contributed by atoms with Gasteiger partial charge in [-0.3, -0.25) is 14.6 Å². The van der Waals surface area contributed by atoms with Crippen LogP contribution in [-0.2, 0) is 19.6 Å². The number of amides is 2. The molecule has 0 radical (unpaired) electrons. The zero-order chi connectivity index (χ0) is 29.2. The molecule has 0 spiro atoms. The van der Waals surface area contributed by atoms with Gasteiger partial charge >= 0.3 is 0 Å². The third kappa shape index (κ3) is 5.05. The molecule has 0 saturated heterocycles. The molecule has 42 heavy (non-hydrogen) atoms. The summed E-state index contributed by atoms with van der Waals surface area (Å²) >= 11 is 0. The van der Waals surface area contributed by atoms with E-state index in [9.17, 15) is 9.59 Å². The third-order valence-corrected chi connectivity index (χ3v) is 7.84. The molecule has 0 bridgehead atoms. The summed E-state index contributed by atoms with van der Waals surface area (Å²) < 4.78 is 7.78. The van der Waals surface area contributed by atoms with Crippen LogP contribution in [0.1, 0.15) is 43.2 Å². The highest BCUT2D eigenvalue weighted by Crippen LogP contribution is 2.35. The number of rotatable bonds is 6. The number of carbonyl (C=O) groups is 2. The first-order chi connectivity index (χ1) is 20.4.